The van der Waals surface area contributed by atoms with Crippen molar-refractivity contribution in [3.63, 3.8) is 0 Å². The van der Waals surface area contributed by atoms with Gasteiger partial charge in [0, 0.05) is 28.3 Å². The summed E-state index contributed by atoms with van der Waals surface area (Å²) in [4.78, 5) is 26.7. The second-order valence-electron chi connectivity index (χ2n) is 9.97. The van der Waals surface area contributed by atoms with Crippen molar-refractivity contribution in [2.24, 2.45) is 0 Å². The average molecular weight is 569 g/mol. The third-order valence-corrected chi connectivity index (χ3v) is 8.05. The van der Waals surface area contributed by atoms with E-state index in [0.717, 1.165) is 41.7 Å². The van der Waals surface area contributed by atoms with Gasteiger partial charge in [-0.3, -0.25) is 4.90 Å². The number of carboxylic acid groups (broad SMARTS) is 1. The predicted molar refractivity (Wildman–Crippen MR) is 156 cm³/mol. The third-order valence-electron chi connectivity index (χ3n) is 7.02. The minimum Gasteiger partial charge on any atom is -0.478 e. The Kier molecular flexibility index (Phi) is 9.48. The van der Waals surface area contributed by atoms with Gasteiger partial charge in [-0.1, -0.05) is 31.2 Å². The lowest BCUT2D eigenvalue weighted by atomic mass is 9.87. The number of aromatic nitrogens is 1. The molecule has 2 heterocycles. The second kappa shape index (κ2) is 12.8. The summed E-state index contributed by atoms with van der Waals surface area (Å²) in [6.07, 6.45) is 4.65. The normalized spacial score (nSPS) is 18.4. The Bertz CT molecular complexity index is 1440. The lowest BCUT2D eigenvalue weighted by Gasteiger charge is -2.41. The molecule has 3 aromatic rings. The van der Waals surface area contributed by atoms with Crippen molar-refractivity contribution in [3.05, 3.63) is 88.0 Å². The SMILES string of the molecule is C/C=C\S[C@H](C)COC(=O)n1c2c(c3ccccc31)C[C@@H](C)N(CCC)[C@@H]2c1c(F)cc(/C=C/C(=O)O)cc1F. The van der Waals surface area contributed by atoms with Crippen LogP contribution in [-0.2, 0) is 16.0 Å². The maximum Gasteiger partial charge on any atom is 0.418 e. The van der Waals surface area contributed by atoms with Gasteiger partial charge in [0.2, 0.25) is 0 Å². The molecule has 1 aromatic heterocycles. The quantitative estimate of drug-likeness (QED) is 0.271. The van der Waals surface area contributed by atoms with Crippen LogP contribution in [0.1, 0.15) is 62.5 Å². The molecule has 1 aliphatic heterocycles. The molecule has 0 saturated heterocycles. The van der Waals surface area contributed by atoms with Crippen molar-refractivity contribution in [2.75, 3.05) is 13.2 Å². The molecular formula is C31H34F2N2O4S. The number of carbonyl (C=O) groups is 2. The lowest BCUT2D eigenvalue weighted by molar-refractivity contribution is -0.131. The van der Waals surface area contributed by atoms with Gasteiger partial charge in [-0.25, -0.2) is 22.9 Å². The first-order valence-corrected chi connectivity index (χ1v) is 14.3. The summed E-state index contributed by atoms with van der Waals surface area (Å²) < 4.78 is 38.9. The van der Waals surface area contributed by atoms with Gasteiger partial charge in [0.05, 0.1) is 17.3 Å². The van der Waals surface area contributed by atoms with Gasteiger partial charge >= 0.3 is 12.1 Å². The number of aliphatic carboxylic acids is 1. The molecule has 1 N–H and O–H groups in total. The van der Waals surface area contributed by atoms with E-state index in [-0.39, 0.29) is 29.0 Å². The minimum absolute atomic E-state index is 0.0199. The molecule has 0 fully saturated rings. The second-order valence-corrected chi connectivity index (χ2v) is 11.3. The zero-order valence-corrected chi connectivity index (χ0v) is 23.9. The van der Waals surface area contributed by atoms with Crippen molar-refractivity contribution < 1.29 is 28.2 Å². The predicted octanol–water partition coefficient (Wildman–Crippen LogP) is 7.40. The van der Waals surface area contributed by atoms with E-state index in [1.54, 1.807) is 11.8 Å². The molecule has 9 heteroatoms. The first kappa shape index (κ1) is 29.6. The number of hydrogen-bond donors (Lipinski definition) is 1. The maximum atomic E-state index is 15.8. The Balaban J connectivity index is 1.91. The Labute approximate surface area is 237 Å². The Hall–Kier alpha value is -3.43. The molecule has 0 unspecified atom stereocenters. The molecule has 212 valence electrons. The summed E-state index contributed by atoms with van der Waals surface area (Å²) in [5.41, 5.74) is 1.91. The average Bonchev–Trinajstić information content (AvgIpc) is 3.24. The molecule has 0 spiro atoms. The molecule has 2 aromatic carbocycles. The molecule has 0 bridgehead atoms. The number of thioether (sulfide) groups is 1. The van der Waals surface area contributed by atoms with E-state index in [9.17, 15) is 9.59 Å². The van der Waals surface area contributed by atoms with Crippen LogP contribution in [0.5, 0.6) is 0 Å². The van der Waals surface area contributed by atoms with Crippen molar-refractivity contribution in [1.29, 1.82) is 0 Å². The van der Waals surface area contributed by atoms with Crippen LogP contribution < -0.4 is 0 Å². The van der Waals surface area contributed by atoms with E-state index < -0.39 is 29.7 Å². The van der Waals surface area contributed by atoms with Gasteiger partial charge in [0.1, 0.15) is 18.2 Å². The van der Waals surface area contributed by atoms with E-state index >= 15 is 8.78 Å². The van der Waals surface area contributed by atoms with Crippen molar-refractivity contribution in [2.45, 2.75) is 57.9 Å². The molecule has 4 rings (SSSR count). The van der Waals surface area contributed by atoms with E-state index in [1.165, 1.54) is 4.57 Å². The minimum atomic E-state index is -1.22. The molecule has 0 saturated carbocycles. The van der Waals surface area contributed by atoms with Crippen molar-refractivity contribution >= 4 is 40.8 Å². The van der Waals surface area contributed by atoms with Crippen molar-refractivity contribution in [1.82, 2.24) is 9.47 Å². The van der Waals surface area contributed by atoms with Gasteiger partial charge < -0.3 is 9.84 Å². The molecule has 1 aliphatic rings. The summed E-state index contributed by atoms with van der Waals surface area (Å²) in [6.45, 7) is 8.62. The van der Waals surface area contributed by atoms with Gasteiger partial charge in [-0.15, -0.1) is 11.8 Å². The number of ether oxygens (including phenoxy) is 1. The summed E-state index contributed by atoms with van der Waals surface area (Å²) in [6, 6.07) is 8.77. The fourth-order valence-corrected chi connectivity index (χ4v) is 5.97. The number of benzene rings is 2. The topological polar surface area (TPSA) is 71.8 Å². The van der Waals surface area contributed by atoms with E-state index in [1.807, 2.05) is 68.3 Å². The number of halogens is 2. The highest BCUT2D eigenvalue weighted by molar-refractivity contribution is 8.02. The number of rotatable bonds is 9. The molecule has 3 atom stereocenters. The number of carboxylic acids is 1. The molecule has 6 nitrogen and oxygen atoms in total. The number of allylic oxidation sites excluding steroid dienone is 1. The first-order valence-electron chi connectivity index (χ1n) is 13.4. The van der Waals surface area contributed by atoms with Crippen LogP contribution in [0.15, 0.2) is 54.0 Å². The first-order chi connectivity index (χ1) is 19.2. The van der Waals surface area contributed by atoms with Crippen LogP contribution in [0.3, 0.4) is 0 Å². The van der Waals surface area contributed by atoms with Gasteiger partial charge in [-0.2, -0.15) is 0 Å². The summed E-state index contributed by atoms with van der Waals surface area (Å²) in [5, 5.41) is 11.7. The van der Waals surface area contributed by atoms with Gasteiger partial charge in [-0.05, 0) is 81.0 Å². The number of fused-ring (bicyclic) bond motifs is 3. The summed E-state index contributed by atoms with van der Waals surface area (Å²) in [5.74, 6) is -2.83. The monoisotopic (exact) mass is 568 g/mol. The number of nitrogens with zero attached hydrogens (tertiary/aromatic N) is 2. The van der Waals surface area contributed by atoms with Crippen LogP contribution >= 0.6 is 11.8 Å². The molecule has 0 radical (unpaired) electrons. The lowest BCUT2D eigenvalue weighted by Crippen LogP contribution is -2.44. The van der Waals surface area contributed by atoms with Crippen LogP contribution in [0.4, 0.5) is 13.6 Å². The van der Waals surface area contributed by atoms with Crippen LogP contribution in [0.25, 0.3) is 17.0 Å². The summed E-state index contributed by atoms with van der Waals surface area (Å²) >= 11 is 1.55. The summed E-state index contributed by atoms with van der Waals surface area (Å²) in [7, 11) is 0. The standard InChI is InChI=1S/C31H34F2N2O4S/c1-5-13-34-19(3)15-23-22-9-7-8-10-26(22)35(31(38)39-18-20(4)40-14-6-2)29(23)30(34)28-24(32)16-21(17-25(28)33)11-12-27(36)37/h6-12,14,16-17,19-20,30H,5,13,15,18H2,1-4H3,(H,36,37)/b12-11+,14-6-/t19-,20-,30-/m1/s1. The highest BCUT2D eigenvalue weighted by atomic mass is 32.2. The fourth-order valence-electron chi connectivity index (χ4n) is 5.39. The molecule has 40 heavy (non-hydrogen) atoms. The largest absolute Gasteiger partial charge is 0.478 e. The Morgan fingerprint density at radius 2 is 1.93 bits per heavy atom. The molecular weight excluding hydrogens is 534 g/mol. The number of para-hydroxylation sites is 1. The van der Waals surface area contributed by atoms with Crippen molar-refractivity contribution in [3.8, 4) is 0 Å². The Morgan fingerprint density at radius 3 is 2.58 bits per heavy atom. The third kappa shape index (κ3) is 6.00. The van der Waals surface area contributed by atoms with Crippen LogP contribution in [-0.4, -0.2) is 51.1 Å². The van der Waals surface area contributed by atoms with Gasteiger partial charge in [0.25, 0.3) is 0 Å². The maximum absolute atomic E-state index is 15.8. The number of carbonyl (C=O) groups excluding carboxylic acids is 1. The molecule has 0 aliphatic carbocycles. The number of hydrogen-bond acceptors (Lipinski definition) is 5. The van der Waals surface area contributed by atoms with Crippen LogP contribution in [0.2, 0.25) is 0 Å². The van der Waals surface area contributed by atoms with Gasteiger partial charge in [0.15, 0.2) is 0 Å². The highest BCUT2D eigenvalue weighted by Gasteiger charge is 2.41. The zero-order chi connectivity index (χ0) is 29.0. The smallest absolute Gasteiger partial charge is 0.418 e. The van der Waals surface area contributed by atoms with E-state index in [4.69, 9.17) is 9.84 Å². The zero-order valence-electron chi connectivity index (χ0n) is 23.1. The highest BCUT2D eigenvalue weighted by Crippen LogP contribution is 2.44. The molecule has 0 amide bonds. The van der Waals surface area contributed by atoms with Crippen LogP contribution in [0, 0.1) is 11.6 Å². The Morgan fingerprint density at radius 1 is 1.23 bits per heavy atom. The van der Waals surface area contributed by atoms with E-state index in [0.29, 0.717) is 24.2 Å². The fraction of sp³-hybridized carbons (Fsp3) is 0.355. The van der Waals surface area contributed by atoms with E-state index in [2.05, 4.69) is 0 Å².